The Morgan fingerprint density at radius 3 is 1.32 bits per heavy atom. The molecule has 4 aromatic heterocycles. The summed E-state index contributed by atoms with van der Waals surface area (Å²) in [7, 11) is 0. The quantitative estimate of drug-likeness (QED) is 0.139. The highest BCUT2D eigenvalue weighted by Gasteiger charge is 2.27. The van der Waals surface area contributed by atoms with Gasteiger partial charge in [-0.05, 0) is 59.3 Å². The Morgan fingerprint density at radius 2 is 0.864 bits per heavy atom. The summed E-state index contributed by atoms with van der Waals surface area (Å²) in [5.41, 5.74) is 2.69. The Balaban J connectivity index is 1.45. The van der Waals surface area contributed by atoms with Crippen LogP contribution in [-0.4, -0.2) is 18.8 Å². The number of nitrogens with zero attached hydrogens (tertiary/aromatic N) is 4. The van der Waals surface area contributed by atoms with Crippen LogP contribution in [0, 0.1) is 11.6 Å². The monoisotopic (exact) mass is 572 g/mol. The molecule has 6 nitrogen and oxygen atoms in total. The van der Waals surface area contributed by atoms with Gasteiger partial charge in [0.25, 0.3) is 11.1 Å². The number of benzene rings is 7. The molecule has 0 spiro atoms. The predicted octanol–water partition coefficient (Wildman–Crippen LogP) is 7.52. The Morgan fingerprint density at radius 1 is 0.455 bits per heavy atom. The summed E-state index contributed by atoms with van der Waals surface area (Å²) in [6, 6.07) is 24.2. The van der Waals surface area contributed by atoms with Crippen LogP contribution in [0.15, 0.2) is 94.5 Å². The van der Waals surface area contributed by atoms with Crippen molar-refractivity contribution in [3.8, 4) is 0 Å². The largest absolute Gasteiger partial charge is 0.268 e. The summed E-state index contributed by atoms with van der Waals surface area (Å²) < 4.78 is 36.2. The van der Waals surface area contributed by atoms with E-state index in [1.165, 1.54) is 20.9 Å². The van der Waals surface area contributed by atoms with Crippen LogP contribution in [0.25, 0.3) is 98.0 Å². The van der Waals surface area contributed by atoms with Crippen molar-refractivity contribution >= 4 is 98.0 Å². The molecule has 44 heavy (non-hydrogen) atoms. The fourth-order valence-corrected chi connectivity index (χ4v) is 7.78. The van der Waals surface area contributed by atoms with Crippen molar-refractivity contribution in [3.63, 3.8) is 0 Å². The number of hydrogen-bond acceptors (Lipinski definition) is 4. The first kappa shape index (κ1) is 22.6. The highest BCUT2D eigenvalue weighted by Crippen LogP contribution is 2.47. The molecule has 7 aromatic carbocycles. The molecule has 11 rings (SSSR count). The van der Waals surface area contributed by atoms with Crippen molar-refractivity contribution in [1.29, 1.82) is 0 Å². The summed E-state index contributed by atoms with van der Waals surface area (Å²) in [6.07, 6.45) is 0. The molecule has 0 saturated heterocycles. The third-order valence-corrected chi connectivity index (χ3v) is 9.48. The van der Waals surface area contributed by atoms with Gasteiger partial charge in [-0.2, -0.15) is 0 Å². The van der Waals surface area contributed by atoms with Crippen LogP contribution in [0.1, 0.15) is 0 Å². The maximum atomic E-state index is 16.6. The van der Waals surface area contributed by atoms with Gasteiger partial charge in [0.1, 0.15) is 22.9 Å². The van der Waals surface area contributed by atoms with Crippen molar-refractivity contribution in [2.75, 3.05) is 0 Å². The maximum Gasteiger partial charge on any atom is 0.264 e. The number of aromatic nitrogens is 4. The first-order valence-corrected chi connectivity index (χ1v) is 14.2. The van der Waals surface area contributed by atoms with Gasteiger partial charge in [0, 0.05) is 53.9 Å². The molecule has 204 valence electrons. The molecule has 0 radical (unpaired) electrons. The molecular formula is C36H14F2N4O2. The predicted molar refractivity (Wildman–Crippen MR) is 170 cm³/mol. The third kappa shape index (κ3) is 2.31. The first-order chi connectivity index (χ1) is 21.5. The normalized spacial score (nSPS) is 13.0. The minimum absolute atomic E-state index is 0.272. The van der Waals surface area contributed by atoms with Gasteiger partial charge in [-0.25, -0.2) is 18.7 Å². The van der Waals surface area contributed by atoms with Gasteiger partial charge in [0.05, 0.1) is 22.1 Å². The lowest BCUT2D eigenvalue weighted by Gasteiger charge is -2.19. The highest BCUT2D eigenvalue weighted by atomic mass is 19.1. The number of halogens is 2. The van der Waals surface area contributed by atoms with E-state index in [1.54, 1.807) is 24.3 Å². The zero-order valence-electron chi connectivity index (χ0n) is 22.4. The van der Waals surface area contributed by atoms with E-state index in [0.29, 0.717) is 87.2 Å². The number of fused-ring (bicyclic) bond motifs is 10. The average Bonchev–Trinajstić information content (AvgIpc) is 3.62. The minimum Gasteiger partial charge on any atom is -0.268 e. The lowest BCUT2D eigenvalue weighted by atomic mass is 9.85. The Kier molecular flexibility index (Phi) is 3.65. The van der Waals surface area contributed by atoms with E-state index in [0.717, 1.165) is 0 Å². The zero-order valence-corrected chi connectivity index (χ0v) is 22.4. The standard InChI is InChI=1S/C36H14F2N4O2/c37-21-13-19-27-17(35(43)41-25-7-3-1-5-23(25)39-33(19)41)11-9-15-30-22(38)14-20-28-18(12-10-16(32(28)30)29(21)31(15)27)36(44)42-26-8-4-2-6-24(26)40-34(20)42/h1-14H. The van der Waals surface area contributed by atoms with Gasteiger partial charge in [-0.1, -0.05) is 36.4 Å². The summed E-state index contributed by atoms with van der Waals surface area (Å²) in [6.45, 7) is 0. The number of para-hydroxylation sites is 4. The van der Waals surface area contributed by atoms with Gasteiger partial charge in [0.2, 0.25) is 0 Å². The summed E-state index contributed by atoms with van der Waals surface area (Å²) in [5, 5.41) is 5.27. The van der Waals surface area contributed by atoms with E-state index >= 15 is 8.78 Å². The summed E-state index contributed by atoms with van der Waals surface area (Å²) in [4.78, 5) is 37.3. The molecule has 0 atom stereocenters. The molecule has 0 N–H and O–H groups in total. The van der Waals surface area contributed by atoms with Gasteiger partial charge >= 0.3 is 0 Å². The average molecular weight is 573 g/mol. The fourth-order valence-electron chi connectivity index (χ4n) is 7.78. The van der Waals surface area contributed by atoms with E-state index in [-0.39, 0.29) is 21.9 Å². The lowest BCUT2D eigenvalue weighted by molar-refractivity contribution is 0.641. The zero-order chi connectivity index (χ0) is 29.2. The SMILES string of the molecule is O=c1c2ccc3c4c(F)cc5c6c(ccc(c7c(F)cc(c2c37)c2nc3ccccc3n12)c46)c(=O)n1c2ccccc2nc51. The highest BCUT2D eigenvalue weighted by molar-refractivity contribution is 6.41. The van der Waals surface area contributed by atoms with E-state index in [2.05, 4.69) is 0 Å². The fraction of sp³-hybridized carbons (Fsp3) is 0. The Labute approximate surface area is 242 Å². The van der Waals surface area contributed by atoms with Gasteiger partial charge in [-0.3, -0.25) is 18.4 Å². The molecule has 0 bridgehead atoms. The van der Waals surface area contributed by atoms with Crippen molar-refractivity contribution in [2.24, 2.45) is 0 Å². The van der Waals surface area contributed by atoms with Crippen LogP contribution in [-0.2, 0) is 0 Å². The number of hydrogen-bond donors (Lipinski definition) is 0. The first-order valence-electron chi connectivity index (χ1n) is 14.2. The van der Waals surface area contributed by atoms with E-state index in [4.69, 9.17) is 9.97 Å². The van der Waals surface area contributed by atoms with Crippen molar-refractivity contribution in [1.82, 2.24) is 18.8 Å². The second-order valence-corrected chi connectivity index (χ2v) is 11.5. The molecule has 0 aliphatic rings. The molecule has 0 unspecified atom stereocenters. The second kappa shape index (κ2) is 7.12. The lowest BCUT2D eigenvalue weighted by Crippen LogP contribution is -2.14. The van der Waals surface area contributed by atoms with E-state index in [9.17, 15) is 9.59 Å². The Bertz CT molecular complexity index is 3020. The number of pyridine rings is 2. The smallest absolute Gasteiger partial charge is 0.264 e. The van der Waals surface area contributed by atoms with E-state index < -0.39 is 11.6 Å². The van der Waals surface area contributed by atoms with Crippen LogP contribution >= 0.6 is 0 Å². The second-order valence-electron chi connectivity index (χ2n) is 11.5. The molecule has 0 aliphatic heterocycles. The third-order valence-electron chi connectivity index (χ3n) is 9.48. The molecule has 8 heteroatoms. The molecule has 0 aliphatic carbocycles. The van der Waals surface area contributed by atoms with Gasteiger partial charge < -0.3 is 0 Å². The molecule has 4 heterocycles. The van der Waals surface area contributed by atoms with Crippen LogP contribution in [0.5, 0.6) is 0 Å². The minimum atomic E-state index is -0.514. The Hall–Kier alpha value is -6.02. The van der Waals surface area contributed by atoms with Gasteiger partial charge in [-0.15, -0.1) is 0 Å². The van der Waals surface area contributed by atoms with Crippen molar-refractivity contribution < 1.29 is 8.78 Å². The molecular weight excluding hydrogens is 558 g/mol. The van der Waals surface area contributed by atoms with Gasteiger partial charge in [0.15, 0.2) is 0 Å². The van der Waals surface area contributed by atoms with Crippen LogP contribution in [0.4, 0.5) is 8.78 Å². The maximum absolute atomic E-state index is 16.6. The van der Waals surface area contributed by atoms with Crippen molar-refractivity contribution in [2.45, 2.75) is 0 Å². The summed E-state index contributed by atoms with van der Waals surface area (Å²) >= 11 is 0. The van der Waals surface area contributed by atoms with Crippen LogP contribution < -0.4 is 11.1 Å². The molecule has 0 fully saturated rings. The molecule has 11 aromatic rings. The van der Waals surface area contributed by atoms with Crippen LogP contribution in [0.2, 0.25) is 0 Å². The number of rotatable bonds is 0. The number of imidazole rings is 2. The topological polar surface area (TPSA) is 68.7 Å². The van der Waals surface area contributed by atoms with Crippen LogP contribution in [0.3, 0.4) is 0 Å². The van der Waals surface area contributed by atoms with E-state index in [1.807, 2.05) is 48.5 Å². The molecule has 0 amide bonds. The molecule has 0 saturated carbocycles. The van der Waals surface area contributed by atoms with Crippen molar-refractivity contribution in [3.05, 3.63) is 117 Å². The summed E-state index contributed by atoms with van der Waals surface area (Å²) in [5.74, 6) is -1.03.